The number of carbonyl (C=O) groups excluding carboxylic acids is 1. The molecule has 0 aliphatic carbocycles. The number of sulfonamides is 1. The summed E-state index contributed by atoms with van der Waals surface area (Å²) in [6.07, 6.45) is 0. The molecule has 0 saturated carbocycles. The molecule has 7 nitrogen and oxygen atoms in total. The summed E-state index contributed by atoms with van der Waals surface area (Å²) in [5, 5.41) is 2.60. The Bertz CT molecular complexity index is 1160. The molecule has 158 valence electrons. The van der Waals surface area contributed by atoms with Gasteiger partial charge in [0.25, 0.3) is 0 Å². The van der Waals surface area contributed by atoms with Gasteiger partial charge in [0.1, 0.15) is 17.3 Å². The summed E-state index contributed by atoms with van der Waals surface area (Å²) in [7, 11) is -0.914. The van der Waals surface area contributed by atoms with Gasteiger partial charge in [-0.2, -0.15) is 4.31 Å². The van der Waals surface area contributed by atoms with Gasteiger partial charge in [-0.25, -0.2) is 8.42 Å². The van der Waals surface area contributed by atoms with Gasteiger partial charge < -0.3 is 14.5 Å². The smallest absolute Gasteiger partial charge is 0.243 e. The Labute approximate surface area is 183 Å². The van der Waals surface area contributed by atoms with Crippen molar-refractivity contribution in [2.45, 2.75) is 18.4 Å². The Morgan fingerprint density at radius 2 is 1.83 bits per heavy atom. The third-order valence-corrected chi connectivity index (χ3v) is 6.69. The normalized spacial score (nSPS) is 11.5. The topological polar surface area (TPSA) is 88.8 Å². The molecule has 3 aromatic rings. The number of furan rings is 1. The number of methoxy groups -OCH3 is 1. The number of nitrogens with one attached hydrogen (secondary N) is 1. The second kappa shape index (κ2) is 9.03. The number of halogens is 1. The van der Waals surface area contributed by atoms with Gasteiger partial charge >= 0.3 is 0 Å². The number of rotatable bonds is 7. The van der Waals surface area contributed by atoms with Crippen molar-refractivity contribution in [3.63, 3.8) is 0 Å². The van der Waals surface area contributed by atoms with Crippen LogP contribution in [0.5, 0.6) is 5.75 Å². The van der Waals surface area contributed by atoms with Crippen LogP contribution < -0.4 is 10.1 Å². The number of nitrogens with zero attached hydrogens (tertiary/aromatic N) is 1. The lowest BCUT2D eigenvalue weighted by molar-refractivity contribution is -0.114. The number of anilines is 1. The molecule has 1 aromatic heterocycles. The van der Waals surface area contributed by atoms with Crippen LogP contribution >= 0.6 is 15.9 Å². The lowest BCUT2D eigenvalue weighted by atomic mass is 10.2. The first-order valence-electron chi connectivity index (χ1n) is 8.97. The second-order valence-corrected chi connectivity index (χ2v) is 9.54. The monoisotopic (exact) mass is 492 g/mol. The molecule has 0 fully saturated rings. The number of hydrogen-bond donors (Lipinski definition) is 1. The van der Waals surface area contributed by atoms with Crippen molar-refractivity contribution in [2.24, 2.45) is 0 Å². The van der Waals surface area contributed by atoms with Gasteiger partial charge in [-0.05, 0) is 36.4 Å². The molecule has 0 aliphatic rings. The molecule has 0 atom stereocenters. The van der Waals surface area contributed by atoms with E-state index in [1.165, 1.54) is 43.6 Å². The molecule has 0 radical (unpaired) electrons. The van der Waals surface area contributed by atoms with E-state index in [1.807, 2.05) is 30.3 Å². The van der Waals surface area contributed by atoms with Gasteiger partial charge in [-0.15, -0.1) is 0 Å². The van der Waals surface area contributed by atoms with E-state index in [0.717, 1.165) is 10.0 Å². The maximum Gasteiger partial charge on any atom is 0.243 e. The Balaban J connectivity index is 1.80. The molecule has 30 heavy (non-hydrogen) atoms. The average Bonchev–Trinajstić information content (AvgIpc) is 3.16. The maximum atomic E-state index is 13.0. The highest BCUT2D eigenvalue weighted by Gasteiger charge is 2.24. The number of hydrogen-bond acceptors (Lipinski definition) is 5. The molecular weight excluding hydrogens is 472 g/mol. The summed E-state index contributed by atoms with van der Waals surface area (Å²) in [5.41, 5.74) is 1.30. The zero-order valence-corrected chi connectivity index (χ0v) is 19.1. The third-order valence-electron chi connectivity index (χ3n) is 4.36. The van der Waals surface area contributed by atoms with Gasteiger partial charge in [0, 0.05) is 30.1 Å². The highest BCUT2D eigenvalue weighted by molar-refractivity contribution is 9.10. The van der Waals surface area contributed by atoms with Crippen molar-refractivity contribution >= 4 is 37.5 Å². The van der Waals surface area contributed by atoms with Crippen molar-refractivity contribution in [3.05, 3.63) is 64.8 Å². The summed E-state index contributed by atoms with van der Waals surface area (Å²) < 4.78 is 39.2. The standard InChI is InChI=1S/C21H21BrN2O5S/c1-14(25)23-19-10-9-18(12-21(19)28-3)30(26,27)24(2)13-17-8-11-20(29-17)15-4-6-16(22)7-5-15/h4-12H,13H2,1-3H3,(H,23,25). The molecule has 3 rings (SSSR count). The molecule has 0 spiro atoms. The molecule has 1 N–H and O–H groups in total. The largest absolute Gasteiger partial charge is 0.495 e. The number of carbonyl (C=O) groups is 1. The van der Waals surface area contributed by atoms with Crippen LogP contribution in [0, 0.1) is 0 Å². The summed E-state index contributed by atoms with van der Waals surface area (Å²) >= 11 is 3.39. The summed E-state index contributed by atoms with van der Waals surface area (Å²) in [6, 6.07) is 15.5. The van der Waals surface area contributed by atoms with E-state index in [0.29, 0.717) is 17.2 Å². The van der Waals surface area contributed by atoms with Crippen molar-refractivity contribution < 1.29 is 22.4 Å². The first-order valence-corrected chi connectivity index (χ1v) is 11.2. The van der Waals surface area contributed by atoms with Crippen LogP contribution in [0.2, 0.25) is 0 Å². The lowest BCUT2D eigenvalue weighted by Crippen LogP contribution is -2.26. The van der Waals surface area contributed by atoms with Gasteiger partial charge in [-0.1, -0.05) is 28.1 Å². The van der Waals surface area contributed by atoms with E-state index in [2.05, 4.69) is 21.2 Å². The van der Waals surface area contributed by atoms with Crippen molar-refractivity contribution in [3.8, 4) is 17.1 Å². The summed E-state index contributed by atoms with van der Waals surface area (Å²) in [6.45, 7) is 1.43. The van der Waals surface area contributed by atoms with Crippen molar-refractivity contribution in [1.29, 1.82) is 0 Å². The zero-order chi connectivity index (χ0) is 21.9. The van der Waals surface area contributed by atoms with E-state index in [9.17, 15) is 13.2 Å². The molecule has 0 unspecified atom stereocenters. The third kappa shape index (κ3) is 4.92. The minimum absolute atomic E-state index is 0.0515. The SMILES string of the molecule is COc1cc(S(=O)(=O)N(C)Cc2ccc(-c3ccc(Br)cc3)o2)ccc1NC(C)=O. The van der Waals surface area contributed by atoms with Gasteiger partial charge in [0.2, 0.25) is 15.9 Å². The number of amides is 1. The van der Waals surface area contributed by atoms with Crippen LogP contribution in [0.1, 0.15) is 12.7 Å². The highest BCUT2D eigenvalue weighted by atomic mass is 79.9. The predicted octanol–water partition coefficient (Wildman–Crippen LogP) is 4.50. The van der Waals surface area contributed by atoms with E-state index >= 15 is 0 Å². The molecule has 9 heteroatoms. The van der Waals surface area contributed by atoms with E-state index in [4.69, 9.17) is 9.15 Å². The predicted molar refractivity (Wildman–Crippen MR) is 118 cm³/mol. The van der Waals surface area contributed by atoms with Crippen molar-refractivity contribution in [2.75, 3.05) is 19.5 Å². The zero-order valence-electron chi connectivity index (χ0n) is 16.7. The minimum Gasteiger partial charge on any atom is -0.495 e. The summed E-state index contributed by atoms with van der Waals surface area (Å²) in [4.78, 5) is 11.3. The van der Waals surface area contributed by atoms with Gasteiger partial charge in [0.15, 0.2) is 0 Å². The quantitative estimate of drug-likeness (QED) is 0.524. The molecular formula is C21H21BrN2O5S. The average molecular weight is 493 g/mol. The highest BCUT2D eigenvalue weighted by Crippen LogP contribution is 2.30. The van der Waals surface area contributed by atoms with Crippen LogP contribution in [-0.4, -0.2) is 32.8 Å². The summed E-state index contributed by atoms with van der Waals surface area (Å²) in [5.74, 6) is 1.15. The van der Waals surface area contributed by atoms with Crippen LogP contribution in [-0.2, 0) is 21.4 Å². The van der Waals surface area contributed by atoms with Gasteiger partial charge in [0.05, 0.1) is 24.2 Å². The van der Waals surface area contributed by atoms with Crippen LogP contribution in [0.3, 0.4) is 0 Å². The molecule has 0 saturated heterocycles. The fourth-order valence-electron chi connectivity index (χ4n) is 2.84. The van der Waals surface area contributed by atoms with E-state index < -0.39 is 10.0 Å². The Morgan fingerprint density at radius 1 is 1.13 bits per heavy atom. The number of ether oxygens (including phenoxy) is 1. The Kier molecular flexibility index (Phi) is 6.64. The van der Waals surface area contributed by atoms with Gasteiger partial charge in [-0.3, -0.25) is 4.79 Å². The van der Waals surface area contributed by atoms with Crippen LogP contribution in [0.25, 0.3) is 11.3 Å². The molecule has 1 amide bonds. The maximum absolute atomic E-state index is 13.0. The molecule has 0 aliphatic heterocycles. The minimum atomic E-state index is -3.80. The molecule has 2 aromatic carbocycles. The van der Waals surface area contributed by atoms with E-state index in [-0.39, 0.29) is 23.1 Å². The van der Waals surface area contributed by atoms with Crippen LogP contribution in [0.15, 0.2) is 68.4 Å². The Hall–Kier alpha value is -2.62. The second-order valence-electron chi connectivity index (χ2n) is 6.58. The van der Waals surface area contributed by atoms with Crippen LogP contribution in [0.4, 0.5) is 5.69 Å². The molecule has 1 heterocycles. The fourth-order valence-corrected chi connectivity index (χ4v) is 4.26. The number of benzene rings is 2. The Morgan fingerprint density at radius 3 is 2.47 bits per heavy atom. The fraction of sp³-hybridized carbons (Fsp3) is 0.190. The van der Waals surface area contributed by atoms with Crippen molar-refractivity contribution in [1.82, 2.24) is 4.31 Å². The first kappa shape index (κ1) is 22.1. The lowest BCUT2D eigenvalue weighted by Gasteiger charge is -2.17. The molecule has 0 bridgehead atoms. The van der Waals surface area contributed by atoms with E-state index in [1.54, 1.807) is 6.07 Å². The first-order chi connectivity index (χ1) is 14.2.